The van der Waals surface area contributed by atoms with Gasteiger partial charge in [-0.15, -0.1) is 0 Å². The van der Waals surface area contributed by atoms with Crippen LogP contribution in [0.3, 0.4) is 0 Å². The fourth-order valence-corrected chi connectivity index (χ4v) is 3.86. The number of hydrogen-bond acceptors (Lipinski definition) is 4. The first-order valence-corrected chi connectivity index (χ1v) is 10.9. The summed E-state index contributed by atoms with van der Waals surface area (Å²) < 4.78 is 5.50. The minimum Gasteiger partial charge on any atom is -0.481 e. The SMILES string of the molecule is CC[C@@H](NC(=O)OCC1c2ccccc2-c2ccccc21)C(=O)NCCC(C)(C)C(=O)O. The van der Waals surface area contributed by atoms with Crippen molar-refractivity contribution in [3.05, 3.63) is 59.7 Å². The number of nitrogens with one attached hydrogen (secondary N) is 2. The topological polar surface area (TPSA) is 105 Å². The molecule has 0 fully saturated rings. The molecule has 32 heavy (non-hydrogen) atoms. The van der Waals surface area contributed by atoms with Crippen molar-refractivity contribution in [2.75, 3.05) is 13.2 Å². The molecule has 3 N–H and O–H groups in total. The number of alkyl carbamates (subject to hydrolysis) is 1. The lowest BCUT2D eigenvalue weighted by Gasteiger charge is -2.21. The van der Waals surface area contributed by atoms with Gasteiger partial charge in [0.25, 0.3) is 0 Å². The van der Waals surface area contributed by atoms with Crippen LogP contribution in [0.4, 0.5) is 4.79 Å². The molecule has 2 amide bonds. The summed E-state index contributed by atoms with van der Waals surface area (Å²) in [5, 5.41) is 14.5. The molecule has 1 aliphatic rings. The zero-order chi connectivity index (χ0) is 23.3. The number of fused-ring (bicyclic) bond motifs is 3. The average Bonchev–Trinajstić information content (AvgIpc) is 3.09. The van der Waals surface area contributed by atoms with Gasteiger partial charge in [-0.1, -0.05) is 55.5 Å². The van der Waals surface area contributed by atoms with Gasteiger partial charge in [-0.3, -0.25) is 9.59 Å². The highest BCUT2D eigenvalue weighted by atomic mass is 16.5. The Morgan fingerprint density at radius 1 is 1.03 bits per heavy atom. The summed E-state index contributed by atoms with van der Waals surface area (Å²) in [5.74, 6) is -1.34. The summed E-state index contributed by atoms with van der Waals surface area (Å²) in [4.78, 5) is 36.0. The third-order valence-electron chi connectivity index (χ3n) is 5.99. The monoisotopic (exact) mass is 438 g/mol. The normalized spacial score (nSPS) is 13.6. The summed E-state index contributed by atoms with van der Waals surface area (Å²) in [7, 11) is 0. The molecule has 7 nitrogen and oxygen atoms in total. The first-order valence-electron chi connectivity index (χ1n) is 10.9. The Morgan fingerprint density at radius 2 is 1.59 bits per heavy atom. The molecular weight excluding hydrogens is 408 g/mol. The molecule has 0 aromatic heterocycles. The van der Waals surface area contributed by atoms with E-state index in [0.29, 0.717) is 6.42 Å². The van der Waals surface area contributed by atoms with Crippen molar-refractivity contribution >= 4 is 18.0 Å². The summed E-state index contributed by atoms with van der Waals surface area (Å²) in [5.41, 5.74) is 3.59. The van der Waals surface area contributed by atoms with Crippen LogP contribution in [0, 0.1) is 5.41 Å². The summed E-state index contributed by atoms with van der Waals surface area (Å²) in [6.45, 7) is 5.38. The highest BCUT2D eigenvalue weighted by Crippen LogP contribution is 2.44. The molecule has 7 heteroatoms. The third-order valence-corrected chi connectivity index (χ3v) is 5.99. The molecule has 0 unspecified atom stereocenters. The molecule has 1 aliphatic carbocycles. The van der Waals surface area contributed by atoms with E-state index in [4.69, 9.17) is 9.84 Å². The Bertz CT molecular complexity index is 956. The van der Waals surface area contributed by atoms with E-state index in [0.717, 1.165) is 22.3 Å². The predicted molar refractivity (Wildman–Crippen MR) is 121 cm³/mol. The molecular formula is C25H30N2O5. The maximum absolute atomic E-state index is 12.4. The fraction of sp³-hybridized carbons (Fsp3) is 0.400. The Labute approximate surface area is 188 Å². The summed E-state index contributed by atoms with van der Waals surface area (Å²) in [6, 6.07) is 15.4. The third kappa shape index (κ3) is 5.10. The van der Waals surface area contributed by atoms with Crippen molar-refractivity contribution in [2.45, 2.75) is 45.6 Å². The Hall–Kier alpha value is -3.35. The number of benzene rings is 2. The van der Waals surface area contributed by atoms with Gasteiger partial charge < -0.3 is 20.5 Å². The second kappa shape index (κ2) is 9.85. The predicted octanol–water partition coefficient (Wildman–Crippen LogP) is 3.92. The van der Waals surface area contributed by atoms with Crippen molar-refractivity contribution in [3.8, 4) is 11.1 Å². The van der Waals surface area contributed by atoms with Crippen LogP contribution in [0.2, 0.25) is 0 Å². The summed E-state index contributed by atoms with van der Waals surface area (Å²) in [6.07, 6.45) is 0.0214. The smallest absolute Gasteiger partial charge is 0.407 e. The number of amides is 2. The number of carbonyl (C=O) groups excluding carboxylic acids is 2. The van der Waals surface area contributed by atoms with Crippen LogP contribution in [-0.2, 0) is 14.3 Å². The molecule has 2 aromatic rings. The second-order valence-electron chi connectivity index (χ2n) is 8.66. The van der Waals surface area contributed by atoms with Crippen molar-refractivity contribution in [1.82, 2.24) is 10.6 Å². The van der Waals surface area contributed by atoms with E-state index >= 15 is 0 Å². The fourth-order valence-electron chi connectivity index (χ4n) is 3.86. The number of ether oxygens (including phenoxy) is 1. The highest BCUT2D eigenvalue weighted by molar-refractivity contribution is 5.85. The van der Waals surface area contributed by atoms with Crippen LogP contribution < -0.4 is 10.6 Å². The zero-order valence-corrected chi connectivity index (χ0v) is 18.7. The Morgan fingerprint density at radius 3 is 2.12 bits per heavy atom. The summed E-state index contributed by atoms with van der Waals surface area (Å²) >= 11 is 0. The molecule has 0 spiro atoms. The first-order chi connectivity index (χ1) is 15.2. The molecule has 0 radical (unpaired) electrons. The van der Waals surface area contributed by atoms with E-state index in [1.165, 1.54) is 0 Å². The van der Waals surface area contributed by atoms with Gasteiger partial charge in [-0.05, 0) is 48.9 Å². The van der Waals surface area contributed by atoms with Crippen LogP contribution in [0.5, 0.6) is 0 Å². The van der Waals surface area contributed by atoms with E-state index in [1.54, 1.807) is 20.8 Å². The van der Waals surface area contributed by atoms with E-state index in [9.17, 15) is 14.4 Å². The number of carboxylic acid groups (broad SMARTS) is 1. The van der Waals surface area contributed by atoms with Crippen LogP contribution >= 0.6 is 0 Å². The Kier molecular flexibility index (Phi) is 7.18. The standard InChI is InChI=1S/C25H30N2O5/c1-4-21(22(28)26-14-13-25(2,3)23(29)30)27-24(31)32-15-20-18-11-7-5-9-16(18)17-10-6-8-12-19(17)20/h5-12,20-21H,4,13-15H2,1-3H3,(H,26,28)(H,27,31)(H,29,30)/t21-/m1/s1. The van der Waals surface area contributed by atoms with Gasteiger partial charge in [-0.25, -0.2) is 4.79 Å². The second-order valence-corrected chi connectivity index (χ2v) is 8.66. The maximum Gasteiger partial charge on any atom is 0.407 e. The van der Waals surface area contributed by atoms with Gasteiger partial charge in [0, 0.05) is 12.5 Å². The minimum atomic E-state index is -0.935. The molecule has 3 rings (SSSR count). The van der Waals surface area contributed by atoms with Crippen LogP contribution in [0.15, 0.2) is 48.5 Å². The molecule has 2 aromatic carbocycles. The van der Waals surface area contributed by atoms with Crippen LogP contribution in [-0.4, -0.2) is 42.3 Å². The van der Waals surface area contributed by atoms with Gasteiger partial charge in [0.15, 0.2) is 0 Å². The molecule has 1 atom stereocenters. The number of carbonyl (C=O) groups is 3. The lowest BCUT2D eigenvalue weighted by molar-refractivity contribution is -0.147. The number of rotatable bonds is 9. The number of carboxylic acids is 1. The molecule has 0 heterocycles. The van der Waals surface area contributed by atoms with E-state index in [2.05, 4.69) is 22.8 Å². The molecule has 0 bridgehead atoms. The maximum atomic E-state index is 12.4. The van der Waals surface area contributed by atoms with Crippen molar-refractivity contribution in [2.24, 2.45) is 5.41 Å². The lowest BCUT2D eigenvalue weighted by atomic mass is 9.89. The largest absolute Gasteiger partial charge is 0.481 e. The van der Waals surface area contributed by atoms with Gasteiger partial charge in [-0.2, -0.15) is 0 Å². The van der Waals surface area contributed by atoms with E-state index < -0.39 is 23.5 Å². The number of aliphatic carboxylic acids is 1. The van der Waals surface area contributed by atoms with Crippen molar-refractivity contribution < 1.29 is 24.2 Å². The van der Waals surface area contributed by atoms with E-state index in [-0.39, 0.29) is 31.4 Å². The average molecular weight is 439 g/mol. The minimum absolute atomic E-state index is 0.0553. The highest BCUT2D eigenvalue weighted by Gasteiger charge is 2.30. The van der Waals surface area contributed by atoms with Crippen LogP contribution in [0.25, 0.3) is 11.1 Å². The number of hydrogen-bond donors (Lipinski definition) is 3. The molecule has 170 valence electrons. The molecule has 0 aliphatic heterocycles. The quantitative estimate of drug-likeness (QED) is 0.550. The van der Waals surface area contributed by atoms with Crippen molar-refractivity contribution in [1.29, 1.82) is 0 Å². The lowest BCUT2D eigenvalue weighted by Crippen LogP contribution is -2.47. The van der Waals surface area contributed by atoms with Gasteiger partial charge in [0.05, 0.1) is 5.41 Å². The van der Waals surface area contributed by atoms with E-state index in [1.807, 2.05) is 36.4 Å². The van der Waals surface area contributed by atoms with Gasteiger partial charge in [0.1, 0.15) is 12.6 Å². The van der Waals surface area contributed by atoms with Gasteiger partial charge >= 0.3 is 12.1 Å². The van der Waals surface area contributed by atoms with Crippen LogP contribution in [0.1, 0.15) is 50.7 Å². The zero-order valence-electron chi connectivity index (χ0n) is 18.7. The molecule has 0 saturated carbocycles. The first kappa shape index (κ1) is 23.3. The molecule has 0 saturated heterocycles. The Balaban J connectivity index is 1.55. The van der Waals surface area contributed by atoms with Crippen molar-refractivity contribution in [3.63, 3.8) is 0 Å². The van der Waals surface area contributed by atoms with Gasteiger partial charge in [0.2, 0.25) is 5.91 Å².